The van der Waals surface area contributed by atoms with Gasteiger partial charge >= 0.3 is 6.18 Å². The Morgan fingerprint density at radius 2 is 1.67 bits per heavy atom. The summed E-state index contributed by atoms with van der Waals surface area (Å²) in [5.41, 5.74) is 0.363. The molecule has 0 radical (unpaired) electrons. The van der Waals surface area contributed by atoms with Gasteiger partial charge in [0.05, 0.1) is 16.3 Å². The number of hydrogen-bond acceptors (Lipinski definition) is 6. The Kier molecular flexibility index (Phi) is 6.25. The van der Waals surface area contributed by atoms with E-state index in [4.69, 9.17) is 16.6 Å². The fourth-order valence-corrected chi connectivity index (χ4v) is 4.28. The lowest BCUT2D eigenvalue weighted by molar-refractivity contribution is -0.137. The van der Waals surface area contributed by atoms with Crippen LogP contribution >= 0.6 is 11.6 Å². The first-order valence-corrected chi connectivity index (χ1v) is 11.4. The molecule has 12 heteroatoms. The molecule has 4 heterocycles. The number of anilines is 2. The summed E-state index contributed by atoms with van der Waals surface area (Å²) >= 11 is 6.00. The van der Waals surface area contributed by atoms with Gasteiger partial charge in [0.1, 0.15) is 17.5 Å². The summed E-state index contributed by atoms with van der Waals surface area (Å²) in [6.07, 6.45) is 0.267. The second-order valence-corrected chi connectivity index (χ2v) is 8.68. The van der Waals surface area contributed by atoms with Crippen LogP contribution in [0.15, 0.2) is 55.0 Å². The van der Waals surface area contributed by atoms with Gasteiger partial charge in [-0.2, -0.15) is 13.2 Å². The van der Waals surface area contributed by atoms with Crippen molar-refractivity contribution in [1.82, 2.24) is 24.5 Å². The molecule has 1 aliphatic rings. The molecule has 1 aliphatic heterocycles. The number of nitrogens with zero attached hydrogens (tertiary/aromatic N) is 7. The largest absolute Gasteiger partial charge is 0.419 e. The number of alkyl halides is 3. The first kappa shape index (κ1) is 24.0. The van der Waals surface area contributed by atoms with Crippen LogP contribution in [0.1, 0.15) is 5.56 Å². The van der Waals surface area contributed by atoms with Gasteiger partial charge in [0.25, 0.3) is 0 Å². The summed E-state index contributed by atoms with van der Waals surface area (Å²) in [4.78, 5) is 21.2. The van der Waals surface area contributed by atoms with Gasteiger partial charge in [0.2, 0.25) is 0 Å². The monoisotopic (exact) mass is 517 g/mol. The lowest BCUT2D eigenvalue weighted by atomic mass is 10.1. The summed E-state index contributed by atoms with van der Waals surface area (Å²) in [5, 5.41) is -0.0318. The molecule has 0 spiro atoms. The number of benzene rings is 1. The van der Waals surface area contributed by atoms with E-state index in [9.17, 15) is 17.6 Å². The number of piperazine rings is 1. The van der Waals surface area contributed by atoms with Gasteiger partial charge in [-0.15, -0.1) is 0 Å². The predicted octanol–water partition coefficient (Wildman–Crippen LogP) is 5.08. The molecule has 1 saturated heterocycles. The molecule has 0 bridgehead atoms. The van der Waals surface area contributed by atoms with E-state index in [0.717, 1.165) is 6.07 Å². The normalized spacial score (nSPS) is 14.4. The van der Waals surface area contributed by atoms with E-state index in [1.165, 1.54) is 24.4 Å². The van der Waals surface area contributed by atoms with Gasteiger partial charge in [-0.1, -0.05) is 11.6 Å². The summed E-state index contributed by atoms with van der Waals surface area (Å²) in [5.74, 6) is 0.857. The maximum atomic E-state index is 13.8. The molecule has 186 valence electrons. The number of rotatable bonds is 4. The fraction of sp³-hybridized carbons (Fsp3) is 0.250. The minimum atomic E-state index is -4.49. The minimum Gasteiger partial charge on any atom is -0.353 e. The molecule has 0 saturated carbocycles. The van der Waals surface area contributed by atoms with E-state index < -0.39 is 17.6 Å². The van der Waals surface area contributed by atoms with Crippen LogP contribution in [-0.4, -0.2) is 50.7 Å². The third-order valence-corrected chi connectivity index (χ3v) is 6.23. The van der Waals surface area contributed by atoms with Gasteiger partial charge in [-0.25, -0.2) is 24.3 Å². The summed E-state index contributed by atoms with van der Waals surface area (Å²) in [7, 11) is 1.82. The molecular weight excluding hydrogens is 498 g/mol. The lowest BCUT2D eigenvalue weighted by Crippen LogP contribution is -2.47. The number of aryl methyl sites for hydroxylation is 1. The average molecular weight is 518 g/mol. The van der Waals surface area contributed by atoms with Crippen LogP contribution in [0.25, 0.3) is 22.9 Å². The predicted molar refractivity (Wildman–Crippen MR) is 128 cm³/mol. The van der Waals surface area contributed by atoms with Crippen LogP contribution in [0.5, 0.6) is 0 Å². The van der Waals surface area contributed by atoms with E-state index in [1.54, 1.807) is 34.0 Å². The first-order valence-electron chi connectivity index (χ1n) is 11.0. The van der Waals surface area contributed by atoms with Crippen molar-refractivity contribution in [2.24, 2.45) is 7.05 Å². The number of aromatic nitrogens is 5. The molecule has 0 amide bonds. The van der Waals surface area contributed by atoms with E-state index in [0.29, 0.717) is 54.9 Å². The highest BCUT2D eigenvalue weighted by molar-refractivity contribution is 6.31. The van der Waals surface area contributed by atoms with Gasteiger partial charge in [-0.05, 0) is 30.3 Å². The Bertz CT molecular complexity index is 1400. The van der Waals surface area contributed by atoms with Crippen LogP contribution in [0.2, 0.25) is 5.02 Å². The van der Waals surface area contributed by atoms with Crippen LogP contribution < -0.4 is 9.80 Å². The van der Waals surface area contributed by atoms with Crippen LogP contribution in [0.4, 0.5) is 29.2 Å². The highest BCUT2D eigenvalue weighted by Crippen LogP contribution is 2.36. The third-order valence-electron chi connectivity index (χ3n) is 5.94. The zero-order valence-electron chi connectivity index (χ0n) is 19.0. The smallest absolute Gasteiger partial charge is 0.353 e. The Hall–Kier alpha value is -3.73. The molecule has 0 aliphatic carbocycles. The Labute approximate surface area is 209 Å². The Morgan fingerprint density at radius 3 is 2.33 bits per heavy atom. The Balaban J connectivity index is 1.47. The average Bonchev–Trinajstić information content (AvgIpc) is 3.31. The van der Waals surface area contributed by atoms with Gasteiger partial charge in [0.15, 0.2) is 11.6 Å². The molecule has 5 rings (SSSR count). The van der Waals surface area contributed by atoms with Crippen LogP contribution in [-0.2, 0) is 13.2 Å². The highest BCUT2D eigenvalue weighted by Gasteiger charge is 2.36. The molecule has 36 heavy (non-hydrogen) atoms. The van der Waals surface area contributed by atoms with E-state index in [-0.39, 0.29) is 10.8 Å². The van der Waals surface area contributed by atoms with Gasteiger partial charge in [0, 0.05) is 63.4 Å². The van der Waals surface area contributed by atoms with E-state index in [2.05, 4.69) is 15.0 Å². The quantitative estimate of drug-likeness (QED) is 0.352. The van der Waals surface area contributed by atoms with Gasteiger partial charge < -0.3 is 14.4 Å². The second kappa shape index (κ2) is 9.38. The van der Waals surface area contributed by atoms with E-state index >= 15 is 0 Å². The minimum absolute atomic E-state index is 0.0318. The van der Waals surface area contributed by atoms with Crippen molar-refractivity contribution < 1.29 is 17.6 Å². The van der Waals surface area contributed by atoms with Gasteiger partial charge in [-0.3, -0.25) is 0 Å². The third kappa shape index (κ3) is 4.70. The van der Waals surface area contributed by atoms with Crippen LogP contribution in [0, 0.1) is 5.82 Å². The molecule has 0 N–H and O–H groups in total. The van der Waals surface area contributed by atoms with Crippen molar-refractivity contribution in [3.8, 4) is 22.9 Å². The van der Waals surface area contributed by atoms with E-state index in [1.807, 2.05) is 11.9 Å². The molecule has 4 aromatic rings. The number of halogens is 5. The summed E-state index contributed by atoms with van der Waals surface area (Å²) in [6.45, 7) is 1.46. The van der Waals surface area contributed by atoms with Crippen molar-refractivity contribution in [1.29, 1.82) is 0 Å². The SMILES string of the molecule is Cn1ccnc1-c1nc(-c2ccc(F)c(Cl)c2)cc(N2CCN(c3ncccc3C(F)(F)F)CC2)n1. The molecule has 1 fully saturated rings. The lowest BCUT2D eigenvalue weighted by Gasteiger charge is -2.37. The molecular formula is C24H20ClF4N7. The topological polar surface area (TPSA) is 63.0 Å². The molecule has 7 nitrogen and oxygen atoms in total. The van der Waals surface area contributed by atoms with Crippen molar-refractivity contribution in [2.45, 2.75) is 6.18 Å². The van der Waals surface area contributed by atoms with Crippen molar-refractivity contribution in [2.75, 3.05) is 36.0 Å². The number of hydrogen-bond donors (Lipinski definition) is 0. The molecule has 1 aromatic carbocycles. The first-order chi connectivity index (χ1) is 17.2. The van der Waals surface area contributed by atoms with Crippen molar-refractivity contribution >= 4 is 23.2 Å². The Morgan fingerprint density at radius 1 is 0.917 bits per heavy atom. The zero-order chi connectivity index (χ0) is 25.4. The second-order valence-electron chi connectivity index (χ2n) is 8.27. The highest BCUT2D eigenvalue weighted by atomic mass is 35.5. The number of pyridine rings is 1. The van der Waals surface area contributed by atoms with Crippen LogP contribution in [0.3, 0.4) is 0 Å². The zero-order valence-corrected chi connectivity index (χ0v) is 19.8. The molecule has 0 atom stereocenters. The van der Waals surface area contributed by atoms with Crippen molar-refractivity contribution in [3.63, 3.8) is 0 Å². The molecule has 0 unspecified atom stereocenters. The number of imidazole rings is 1. The maximum absolute atomic E-state index is 13.8. The summed E-state index contributed by atoms with van der Waals surface area (Å²) < 4.78 is 56.0. The van der Waals surface area contributed by atoms with Crippen molar-refractivity contribution in [3.05, 3.63) is 71.4 Å². The fourth-order valence-electron chi connectivity index (χ4n) is 4.10. The maximum Gasteiger partial charge on any atom is 0.419 e. The summed E-state index contributed by atoms with van der Waals surface area (Å²) in [6, 6.07) is 8.41. The standard InChI is InChI=1S/C24H20ClF4N7/c1-34-8-7-31-23(34)21-32-19(15-4-5-18(26)17(25)13-15)14-20(33-21)35-9-11-36(12-10-35)22-16(24(27,28)29)3-2-6-30-22/h2-8,13-14H,9-12H2,1H3. The molecule has 3 aromatic heterocycles.